The van der Waals surface area contributed by atoms with Crippen LogP contribution in [-0.2, 0) is 85.2 Å². The Kier molecular flexibility index (Phi) is 16.4. The lowest BCUT2D eigenvalue weighted by Gasteiger charge is -2.43. The molecule has 6 aromatic rings. The highest BCUT2D eigenvalue weighted by molar-refractivity contribution is 7.86. The lowest BCUT2D eigenvalue weighted by atomic mass is 10.0. The first kappa shape index (κ1) is 46.8. The zero-order valence-corrected chi connectivity index (χ0v) is 36.8. The van der Waals surface area contributed by atoms with Crippen LogP contribution in [0.1, 0.15) is 27.8 Å². The van der Waals surface area contributed by atoms with Crippen molar-refractivity contribution in [1.29, 1.82) is 0 Å². The number of non-ortho nitro benzene ring substituents is 1. The summed E-state index contributed by atoms with van der Waals surface area (Å²) in [5.74, 6) is 0. The Morgan fingerprint density at radius 1 is 0.515 bits per heavy atom. The number of rotatable bonds is 22. The van der Waals surface area contributed by atoms with Gasteiger partial charge in [-0.2, -0.15) is 8.42 Å². The van der Waals surface area contributed by atoms with E-state index in [2.05, 4.69) is 0 Å². The van der Waals surface area contributed by atoms with Crippen LogP contribution in [0.25, 0.3) is 0 Å². The molecule has 0 spiro atoms. The van der Waals surface area contributed by atoms with Gasteiger partial charge < -0.3 is 37.9 Å². The SMILES string of the molecule is O=[N+]([O-])c1ccc(S(=O)(=O)O[C@@H]2[C@@H](OCc3ccccc3)[C@H](O[C@@H]3[C@@H](OCc4ccccc4)[C@@H](OCc4ccccc4)OC[C@H]3OCc3ccccc3)O[C@H]2COCc2ccccc2)cc1. The summed E-state index contributed by atoms with van der Waals surface area (Å²) in [6, 6.07) is 52.4. The van der Waals surface area contributed by atoms with Gasteiger partial charge in [-0.05, 0) is 39.9 Å². The van der Waals surface area contributed by atoms with Crippen LogP contribution >= 0.6 is 0 Å². The fraction of sp³-hybridized carbons (Fsp3) is 0.294. The quantitative estimate of drug-likeness (QED) is 0.0364. The van der Waals surface area contributed by atoms with Gasteiger partial charge in [0.05, 0.1) is 56.1 Å². The molecule has 344 valence electrons. The van der Waals surface area contributed by atoms with Crippen molar-refractivity contribution in [2.75, 3.05) is 13.2 Å². The number of ether oxygens (including phenoxy) is 8. The van der Waals surface area contributed by atoms with Crippen LogP contribution in [0, 0.1) is 10.1 Å². The molecular weight excluding hydrogens is 867 g/mol. The van der Waals surface area contributed by atoms with Crippen molar-refractivity contribution in [3.8, 4) is 0 Å². The van der Waals surface area contributed by atoms with E-state index in [9.17, 15) is 18.5 Å². The minimum atomic E-state index is -4.59. The molecule has 8 atom stereocenters. The van der Waals surface area contributed by atoms with Crippen LogP contribution in [-0.4, -0.2) is 75.8 Å². The van der Waals surface area contributed by atoms with Gasteiger partial charge in [0, 0.05) is 12.1 Å². The lowest BCUT2D eigenvalue weighted by Crippen LogP contribution is -2.58. The molecule has 0 aliphatic carbocycles. The average molecular weight is 918 g/mol. The molecule has 2 aliphatic heterocycles. The van der Waals surface area contributed by atoms with Crippen molar-refractivity contribution < 1.29 is 55.4 Å². The van der Waals surface area contributed by atoms with Gasteiger partial charge in [-0.15, -0.1) is 0 Å². The third-order valence-electron chi connectivity index (χ3n) is 11.0. The molecule has 2 aliphatic rings. The highest BCUT2D eigenvalue weighted by Gasteiger charge is 2.53. The van der Waals surface area contributed by atoms with Gasteiger partial charge in [-0.3, -0.25) is 14.3 Å². The van der Waals surface area contributed by atoms with Gasteiger partial charge in [0.2, 0.25) is 0 Å². The number of nitro benzene ring substituents is 1. The maximum Gasteiger partial charge on any atom is 0.297 e. The molecule has 8 rings (SSSR count). The Morgan fingerprint density at radius 3 is 1.44 bits per heavy atom. The number of benzene rings is 6. The molecule has 66 heavy (non-hydrogen) atoms. The summed E-state index contributed by atoms with van der Waals surface area (Å²) >= 11 is 0. The van der Waals surface area contributed by atoms with Gasteiger partial charge >= 0.3 is 0 Å². The first-order chi connectivity index (χ1) is 32.3. The van der Waals surface area contributed by atoms with Crippen LogP contribution in [0.5, 0.6) is 0 Å². The number of nitrogens with zero attached hydrogens (tertiary/aromatic N) is 1. The number of nitro groups is 1. The molecular formula is C51H51NO13S. The molecule has 0 bridgehead atoms. The van der Waals surface area contributed by atoms with Crippen molar-refractivity contribution in [2.24, 2.45) is 0 Å². The molecule has 2 saturated heterocycles. The largest absolute Gasteiger partial charge is 0.374 e. The van der Waals surface area contributed by atoms with E-state index in [0.29, 0.717) is 0 Å². The van der Waals surface area contributed by atoms with Gasteiger partial charge in [0.15, 0.2) is 12.6 Å². The van der Waals surface area contributed by atoms with E-state index in [-0.39, 0.29) is 56.8 Å². The van der Waals surface area contributed by atoms with Gasteiger partial charge in [-0.25, -0.2) is 0 Å². The Hall–Kier alpha value is -5.69. The monoisotopic (exact) mass is 917 g/mol. The van der Waals surface area contributed by atoms with Gasteiger partial charge in [0.1, 0.15) is 36.6 Å². The minimum Gasteiger partial charge on any atom is -0.374 e. The first-order valence-electron chi connectivity index (χ1n) is 21.6. The summed E-state index contributed by atoms with van der Waals surface area (Å²) in [5.41, 5.74) is 4.14. The van der Waals surface area contributed by atoms with Crippen LogP contribution in [0.2, 0.25) is 0 Å². The smallest absolute Gasteiger partial charge is 0.297 e. The fourth-order valence-electron chi connectivity index (χ4n) is 7.62. The van der Waals surface area contributed by atoms with E-state index in [1.54, 1.807) is 0 Å². The molecule has 0 saturated carbocycles. The maximum absolute atomic E-state index is 14.1. The summed E-state index contributed by atoms with van der Waals surface area (Å²) in [6.07, 6.45) is -8.46. The Balaban J connectivity index is 1.14. The summed E-state index contributed by atoms with van der Waals surface area (Å²) < 4.78 is 87.1. The number of hydrogen-bond donors (Lipinski definition) is 0. The molecule has 15 heteroatoms. The van der Waals surface area contributed by atoms with Crippen molar-refractivity contribution >= 4 is 15.8 Å². The molecule has 0 amide bonds. The standard InChI is InChI=1S/C51H51NO13S/c53-52(54)42-26-28-43(29-27-42)66(55,56)65-47-45(35-57-30-37-16-6-1-7-17-37)63-51(49(47)60-33-40-22-12-4-13-23-40)64-46-44(58-31-38-18-8-2-9-19-38)36-62-50(61-34-41-24-14-5-15-25-41)48(46)59-32-39-20-10-3-11-21-39/h1-29,44-51H,30-36H2/t44-,45+,46+,47+,48-,49-,50+,51+/m1/s1. The second-order valence-electron chi connectivity index (χ2n) is 15.8. The average Bonchev–Trinajstić information content (AvgIpc) is 3.67. The molecule has 0 aromatic heterocycles. The fourth-order valence-corrected chi connectivity index (χ4v) is 8.73. The lowest BCUT2D eigenvalue weighted by molar-refractivity contribution is -0.384. The van der Waals surface area contributed by atoms with Crippen molar-refractivity contribution in [3.63, 3.8) is 0 Å². The Bertz CT molecular complexity index is 2490. The van der Waals surface area contributed by atoms with E-state index in [4.69, 9.17) is 42.1 Å². The predicted octanol–water partition coefficient (Wildman–Crippen LogP) is 8.32. The minimum absolute atomic E-state index is 0.0300. The van der Waals surface area contributed by atoms with Crippen LogP contribution < -0.4 is 0 Å². The first-order valence-corrected chi connectivity index (χ1v) is 23.0. The van der Waals surface area contributed by atoms with E-state index in [0.717, 1.165) is 52.1 Å². The molecule has 6 aromatic carbocycles. The van der Waals surface area contributed by atoms with Crippen LogP contribution in [0.4, 0.5) is 5.69 Å². The predicted molar refractivity (Wildman–Crippen MR) is 241 cm³/mol. The van der Waals surface area contributed by atoms with Crippen molar-refractivity contribution in [3.05, 3.63) is 214 Å². The second-order valence-corrected chi connectivity index (χ2v) is 17.3. The Labute approximate surface area is 384 Å². The summed E-state index contributed by atoms with van der Waals surface area (Å²) in [6.45, 7) is 0.724. The second kappa shape index (κ2) is 23.2. The molecule has 2 fully saturated rings. The molecule has 14 nitrogen and oxygen atoms in total. The van der Waals surface area contributed by atoms with Crippen molar-refractivity contribution in [1.82, 2.24) is 0 Å². The third-order valence-corrected chi connectivity index (χ3v) is 12.4. The van der Waals surface area contributed by atoms with E-state index >= 15 is 0 Å². The van der Waals surface area contributed by atoms with Gasteiger partial charge in [0.25, 0.3) is 15.8 Å². The zero-order chi connectivity index (χ0) is 45.6. The number of hydrogen-bond acceptors (Lipinski definition) is 13. The highest BCUT2D eigenvalue weighted by atomic mass is 32.2. The molecule has 2 heterocycles. The summed E-state index contributed by atoms with van der Waals surface area (Å²) in [4.78, 5) is 10.5. The van der Waals surface area contributed by atoms with Crippen LogP contribution in [0.3, 0.4) is 0 Å². The van der Waals surface area contributed by atoms with E-state index in [1.165, 1.54) is 0 Å². The third kappa shape index (κ3) is 12.8. The highest BCUT2D eigenvalue weighted by Crippen LogP contribution is 2.36. The van der Waals surface area contributed by atoms with E-state index in [1.807, 2.05) is 152 Å². The molecule has 0 unspecified atom stereocenters. The maximum atomic E-state index is 14.1. The van der Waals surface area contributed by atoms with Crippen molar-refractivity contribution in [2.45, 2.75) is 87.1 Å². The molecule has 0 radical (unpaired) electrons. The van der Waals surface area contributed by atoms with Crippen LogP contribution in [0.15, 0.2) is 181 Å². The summed E-state index contributed by atoms with van der Waals surface area (Å²) in [5, 5.41) is 11.4. The Morgan fingerprint density at radius 2 is 0.955 bits per heavy atom. The topological polar surface area (TPSA) is 160 Å². The van der Waals surface area contributed by atoms with Gasteiger partial charge in [-0.1, -0.05) is 152 Å². The normalized spacial score (nSPS) is 23.1. The van der Waals surface area contributed by atoms with E-state index < -0.39 is 64.2 Å². The summed E-state index contributed by atoms with van der Waals surface area (Å²) in [7, 11) is -4.59. The molecule has 0 N–H and O–H groups in total. The zero-order valence-electron chi connectivity index (χ0n) is 36.0.